The first kappa shape index (κ1) is 26.6. The number of anilines is 1. The molecule has 4 rings (SSSR count). The topological polar surface area (TPSA) is 70.2 Å². The number of hydrogen-bond acceptors (Lipinski definition) is 5. The minimum absolute atomic E-state index is 0.00400. The second-order valence-corrected chi connectivity index (χ2v) is 12.1. The first-order valence-electron chi connectivity index (χ1n) is 13.7. The lowest BCUT2D eigenvalue weighted by atomic mass is 9.82. The normalized spacial score (nSPS) is 21.2. The molecule has 0 N–H and O–H groups in total. The van der Waals surface area contributed by atoms with Crippen LogP contribution in [0.3, 0.4) is 0 Å². The first-order chi connectivity index (χ1) is 17.2. The number of ketones is 1. The molecule has 1 aromatic rings. The molecule has 1 aromatic carbocycles. The minimum Gasteiger partial charge on any atom is -0.484 e. The summed E-state index contributed by atoms with van der Waals surface area (Å²) in [5.74, 6) is 2.05. The number of hydrogen-bond donors (Lipinski definition) is 0. The van der Waals surface area contributed by atoms with Gasteiger partial charge < -0.3 is 19.4 Å². The van der Waals surface area contributed by atoms with Gasteiger partial charge in [0.2, 0.25) is 5.91 Å². The zero-order valence-electron chi connectivity index (χ0n) is 22.3. The average molecular weight is 498 g/mol. The van der Waals surface area contributed by atoms with Crippen molar-refractivity contribution in [3.63, 3.8) is 0 Å². The molecule has 3 fully saturated rings. The van der Waals surface area contributed by atoms with Gasteiger partial charge in [-0.25, -0.2) is 0 Å². The Labute approximate surface area is 216 Å². The highest BCUT2D eigenvalue weighted by atomic mass is 16.5. The fourth-order valence-corrected chi connectivity index (χ4v) is 5.89. The van der Waals surface area contributed by atoms with E-state index in [0.717, 1.165) is 43.5 Å². The molecule has 0 spiro atoms. The summed E-state index contributed by atoms with van der Waals surface area (Å²) >= 11 is 0. The van der Waals surface area contributed by atoms with Crippen LogP contribution in [0.4, 0.5) is 5.69 Å². The molecule has 0 aromatic heterocycles. The summed E-state index contributed by atoms with van der Waals surface area (Å²) in [6, 6.07) is 7.19. The molecule has 36 heavy (non-hydrogen) atoms. The molecule has 0 bridgehead atoms. The zero-order chi connectivity index (χ0) is 25.7. The Kier molecular flexibility index (Phi) is 8.70. The molecule has 0 atom stereocenters. The van der Waals surface area contributed by atoms with Gasteiger partial charge in [-0.2, -0.15) is 0 Å². The van der Waals surface area contributed by atoms with E-state index in [-0.39, 0.29) is 30.6 Å². The average Bonchev–Trinajstić information content (AvgIpc) is 2.84. The molecule has 3 saturated heterocycles. The lowest BCUT2D eigenvalue weighted by Crippen LogP contribution is -2.42. The molecular weight excluding hydrogens is 454 g/mol. The highest BCUT2D eigenvalue weighted by molar-refractivity contribution is 6.08. The molecule has 7 heteroatoms. The van der Waals surface area contributed by atoms with Crippen LogP contribution in [0.25, 0.3) is 0 Å². The van der Waals surface area contributed by atoms with Gasteiger partial charge in [-0.15, -0.1) is 0 Å². The van der Waals surface area contributed by atoms with Crippen molar-refractivity contribution in [2.45, 2.75) is 65.7 Å². The molecular formula is C29H43N3O4. The Morgan fingerprint density at radius 3 is 2.11 bits per heavy atom. The van der Waals surface area contributed by atoms with Crippen molar-refractivity contribution in [1.29, 1.82) is 0 Å². The molecule has 3 aliphatic rings. The van der Waals surface area contributed by atoms with Crippen LogP contribution in [0.15, 0.2) is 24.3 Å². The van der Waals surface area contributed by atoms with Crippen molar-refractivity contribution >= 4 is 23.3 Å². The van der Waals surface area contributed by atoms with Gasteiger partial charge in [0.25, 0.3) is 5.91 Å². The minimum atomic E-state index is -0.163. The summed E-state index contributed by atoms with van der Waals surface area (Å²) in [7, 11) is 0. The van der Waals surface area contributed by atoms with Crippen molar-refractivity contribution in [2.24, 2.45) is 17.3 Å². The molecule has 2 amide bonds. The monoisotopic (exact) mass is 497 g/mol. The summed E-state index contributed by atoms with van der Waals surface area (Å²) in [4.78, 5) is 42.5. The number of piperidine rings is 3. The number of carbonyl (C=O) groups is 3. The number of benzene rings is 1. The van der Waals surface area contributed by atoms with E-state index in [9.17, 15) is 14.4 Å². The summed E-state index contributed by atoms with van der Waals surface area (Å²) in [6.45, 7) is 12.7. The van der Waals surface area contributed by atoms with Gasteiger partial charge in [-0.05, 0) is 86.7 Å². The van der Waals surface area contributed by atoms with E-state index in [2.05, 4.69) is 25.7 Å². The molecule has 0 unspecified atom stereocenters. The number of nitrogens with zero attached hydrogens (tertiary/aromatic N) is 3. The lowest BCUT2D eigenvalue weighted by molar-refractivity contribution is -0.135. The first-order valence-corrected chi connectivity index (χ1v) is 13.7. The van der Waals surface area contributed by atoms with Crippen LogP contribution < -0.4 is 9.64 Å². The van der Waals surface area contributed by atoms with Crippen LogP contribution in [0, 0.1) is 17.3 Å². The van der Waals surface area contributed by atoms with Crippen molar-refractivity contribution < 1.29 is 19.1 Å². The number of rotatable bonds is 7. The summed E-state index contributed by atoms with van der Waals surface area (Å²) < 4.78 is 5.75. The number of carbonyl (C=O) groups excluding carboxylic acids is 3. The van der Waals surface area contributed by atoms with Gasteiger partial charge in [0.15, 0.2) is 6.61 Å². The smallest absolute Gasteiger partial charge is 0.260 e. The Bertz CT molecular complexity index is 907. The third-order valence-electron chi connectivity index (χ3n) is 7.81. The Balaban J connectivity index is 1.14. The summed E-state index contributed by atoms with van der Waals surface area (Å²) in [5.41, 5.74) is 1.13. The van der Waals surface area contributed by atoms with Crippen LogP contribution in [-0.4, -0.2) is 73.3 Å². The van der Waals surface area contributed by atoms with Crippen molar-refractivity contribution in [1.82, 2.24) is 9.80 Å². The molecule has 198 valence electrons. The van der Waals surface area contributed by atoms with E-state index in [1.807, 2.05) is 17.0 Å². The number of ether oxygens (including phenoxy) is 1. The van der Waals surface area contributed by atoms with Crippen molar-refractivity contribution in [3.8, 4) is 5.75 Å². The van der Waals surface area contributed by atoms with Gasteiger partial charge in [-0.1, -0.05) is 20.8 Å². The largest absolute Gasteiger partial charge is 0.484 e. The lowest BCUT2D eigenvalue weighted by Gasteiger charge is -2.38. The highest BCUT2D eigenvalue weighted by Gasteiger charge is 2.28. The number of likely N-dealkylation sites (tertiary alicyclic amines) is 2. The van der Waals surface area contributed by atoms with Gasteiger partial charge in [0, 0.05) is 38.3 Å². The molecule has 0 aliphatic carbocycles. The second-order valence-electron chi connectivity index (χ2n) is 12.1. The Morgan fingerprint density at radius 2 is 1.53 bits per heavy atom. The summed E-state index contributed by atoms with van der Waals surface area (Å²) in [5, 5.41) is 0. The maximum Gasteiger partial charge on any atom is 0.260 e. The van der Waals surface area contributed by atoms with Gasteiger partial charge in [-0.3, -0.25) is 14.4 Å². The SMILES string of the molecule is CC(C)(C)CN1CCC(CC2CCN(C(=O)COc3ccc(N4CCC(=O)CC4=O)cc3)CC2)CC1. The maximum absolute atomic E-state index is 12.7. The van der Waals surface area contributed by atoms with Crippen LogP contribution in [0.1, 0.15) is 65.7 Å². The molecule has 0 saturated carbocycles. The third kappa shape index (κ3) is 7.55. The third-order valence-corrected chi connectivity index (χ3v) is 7.81. The Hall–Kier alpha value is -2.41. The van der Waals surface area contributed by atoms with Crippen molar-refractivity contribution in [3.05, 3.63) is 24.3 Å². The Morgan fingerprint density at radius 1 is 0.917 bits per heavy atom. The fraction of sp³-hybridized carbons (Fsp3) is 0.690. The van der Waals surface area contributed by atoms with E-state index in [1.54, 1.807) is 17.0 Å². The molecule has 3 heterocycles. The van der Waals surface area contributed by atoms with E-state index >= 15 is 0 Å². The van der Waals surface area contributed by atoms with Crippen LogP contribution in [0.2, 0.25) is 0 Å². The van der Waals surface area contributed by atoms with Gasteiger partial charge in [0.1, 0.15) is 11.5 Å². The van der Waals surface area contributed by atoms with E-state index in [1.165, 1.54) is 38.9 Å². The zero-order valence-corrected chi connectivity index (χ0v) is 22.3. The predicted octanol–water partition coefficient (Wildman–Crippen LogP) is 4.15. The van der Waals surface area contributed by atoms with Crippen molar-refractivity contribution in [2.75, 3.05) is 50.8 Å². The van der Waals surface area contributed by atoms with Crippen LogP contribution in [-0.2, 0) is 14.4 Å². The molecule has 7 nitrogen and oxygen atoms in total. The van der Waals surface area contributed by atoms with E-state index in [4.69, 9.17) is 4.74 Å². The maximum atomic E-state index is 12.7. The van der Waals surface area contributed by atoms with E-state index in [0.29, 0.717) is 24.1 Å². The number of amides is 2. The van der Waals surface area contributed by atoms with Crippen LogP contribution in [0.5, 0.6) is 5.75 Å². The number of Topliss-reactive ketones (excluding diaryl/α,β-unsaturated/α-hetero) is 1. The van der Waals surface area contributed by atoms with Gasteiger partial charge >= 0.3 is 0 Å². The molecule has 0 radical (unpaired) electrons. The summed E-state index contributed by atoms with van der Waals surface area (Å²) in [6.07, 6.45) is 6.48. The van der Waals surface area contributed by atoms with E-state index < -0.39 is 0 Å². The quantitative estimate of drug-likeness (QED) is 0.530. The predicted molar refractivity (Wildman–Crippen MR) is 141 cm³/mol. The standard InChI is InChI=1S/C29H43N3O4/c1-29(2,3)21-30-13-8-22(9-14-30)18-23-10-15-31(16-11-23)28(35)20-36-26-6-4-24(5-7-26)32-17-12-25(33)19-27(32)34/h4-7,22-23H,8-21H2,1-3H3. The fourth-order valence-electron chi connectivity index (χ4n) is 5.89. The van der Waals surface area contributed by atoms with Gasteiger partial charge in [0.05, 0.1) is 6.42 Å². The van der Waals surface area contributed by atoms with Crippen LogP contribution >= 0.6 is 0 Å². The highest BCUT2D eigenvalue weighted by Crippen LogP contribution is 2.31. The second kappa shape index (κ2) is 11.8. The molecule has 3 aliphatic heterocycles.